The second kappa shape index (κ2) is 7.59. The van der Waals surface area contributed by atoms with Gasteiger partial charge in [0.15, 0.2) is 5.82 Å². The molecule has 146 valence electrons. The van der Waals surface area contributed by atoms with Crippen LogP contribution >= 0.6 is 15.9 Å². The summed E-state index contributed by atoms with van der Waals surface area (Å²) < 4.78 is 2.95. The van der Waals surface area contributed by atoms with Gasteiger partial charge in [-0.15, -0.1) is 5.10 Å². The maximum Gasteiger partial charge on any atom is 0.254 e. The maximum atomic E-state index is 4.85. The molecule has 2 heterocycles. The van der Waals surface area contributed by atoms with Crippen LogP contribution in [0.3, 0.4) is 0 Å². The summed E-state index contributed by atoms with van der Waals surface area (Å²) in [5.74, 6) is 2.46. The highest BCUT2D eigenvalue weighted by atomic mass is 79.9. The minimum absolute atomic E-state index is 0.673. The van der Waals surface area contributed by atoms with Crippen LogP contribution in [-0.2, 0) is 19.3 Å². The minimum atomic E-state index is 0.673. The zero-order valence-electron chi connectivity index (χ0n) is 16.3. The van der Waals surface area contributed by atoms with Crippen LogP contribution in [0, 0.1) is 6.92 Å². The predicted molar refractivity (Wildman–Crippen MR) is 119 cm³/mol. The smallest absolute Gasteiger partial charge is 0.254 e. The third-order valence-corrected chi connectivity index (χ3v) is 5.92. The standard InChI is InChI=1S/C23H22BrN5/c1-15-6-8-16(9-7-15)14-21-27-23-26-20-5-3-2-4-19(20)22(29(23)28-21)25-18-12-10-17(24)11-13-18/h6-13,25H,2-5,14H2,1H3. The van der Waals surface area contributed by atoms with Gasteiger partial charge in [0.05, 0.1) is 5.69 Å². The van der Waals surface area contributed by atoms with Crippen molar-refractivity contribution in [1.82, 2.24) is 19.6 Å². The third kappa shape index (κ3) is 3.77. The van der Waals surface area contributed by atoms with Crippen LogP contribution in [-0.4, -0.2) is 19.6 Å². The highest BCUT2D eigenvalue weighted by molar-refractivity contribution is 9.10. The Morgan fingerprint density at radius 2 is 1.72 bits per heavy atom. The Morgan fingerprint density at radius 1 is 0.966 bits per heavy atom. The number of hydrogen-bond acceptors (Lipinski definition) is 4. The number of halogens is 1. The first-order chi connectivity index (χ1) is 14.2. The highest BCUT2D eigenvalue weighted by Gasteiger charge is 2.21. The number of benzene rings is 2. The number of hydrogen-bond donors (Lipinski definition) is 1. The van der Waals surface area contributed by atoms with Crippen molar-refractivity contribution in [1.29, 1.82) is 0 Å². The molecular weight excluding hydrogens is 426 g/mol. The van der Waals surface area contributed by atoms with E-state index in [2.05, 4.69) is 64.6 Å². The van der Waals surface area contributed by atoms with Crippen molar-refractivity contribution in [3.63, 3.8) is 0 Å². The molecule has 29 heavy (non-hydrogen) atoms. The van der Waals surface area contributed by atoms with Gasteiger partial charge in [0.2, 0.25) is 0 Å². The molecule has 0 amide bonds. The molecule has 0 radical (unpaired) electrons. The first kappa shape index (κ1) is 18.3. The topological polar surface area (TPSA) is 55.1 Å². The first-order valence-electron chi connectivity index (χ1n) is 10.0. The van der Waals surface area contributed by atoms with Crippen molar-refractivity contribution in [3.05, 3.63) is 81.2 Å². The summed E-state index contributed by atoms with van der Waals surface area (Å²) in [6, 6.07) is 16.7. The fraction of sp³-hybridized carbons (Fsp3) is 0.261. The van der Waals surface area contributed by atoms with E-state index < -0.39 is 0 Å². The Labute approximate surface area is 178 Å². The molecule has 1 aliphatic carbocycles. The van der Waals surface area contributed by atoms with Gasteiger partial charge in [-0.25, -0.2) is 4.98 Å². The Bertz CT molecular complexity index is 1160. The summed E-state index contributed by atoms with van der Waals surface area (Å²) >= 11 is 3.50. The number of nitrogens with zero attached hydrogens (tertiary/aromatic N) is 4. The fourth-order valence-corrected chi connectivity index (χ4v) is 4.11. The van der Waals surface area contributed by atoms with Crippen LogP contribution in [0.4, 0.5) is 11.5 Å². The Morgan fingerprint density at radius 3 is 2.52 bits per heavy atom. The van der Waals surface area contributed by atoms with Gasteiger partial charge in [0, 0.05) is 22.1 Å². The van der Waals surface area contributed by atoms with E-state index in [-0.39, 0.29) is 0 Å². The molecule has 1 N–H and O–H groups in total. The lowest BCUT2D eigenvalue weighted by atomic mass is 9.96. The lowest BCUT2D eigenvalue weighted by Gasteiger charge is -2.20. The van der Waals surface area contributed by atoms with Crippen molar-refractivity contribution in [2.24, 2.45) is 0 Å². The van der Waals surface area contributed by atoms with Crippen molar-refractivity contribution < 1.29 is 0 Å². The second-order valence-corrected chi connectivity index (χ2v) is 8.54. The number of aromatic nitrogens is 4. The van der Waals surface area contributed by atoms with E-state index in [0.29, 0.717) is 12.2 Å². The number of nitrogens with one attached hydrogen (secondary N) is 1. The summed E-state index contributed by atoms with van der Waals surface area (Å²) in [6.07, 6.45) is 5.08. The molecule has 5 rings (SSSR count). The summed E-state index contributed by atoms with van der Waals surface area (Å²) in [5, 5.41) is 8.41. The average molecular weight is 448 g/mol. The largest absolute Gasteiger partial charge is 0.340 e. The Hall–Kier alpha value is -2.73. The molecule has 0 fully saturated rings. The zero-order valence-corrected chi connectivity index (χ0v) is 17.9. The molecule has 1 aliphatic rings. The summed E-state index contributed by atoms with van der Waals surface area (Å²) in [6.45, 7) is 2.10. The predicted octanol–water partition coefficient (Wildman–Crippen LogP) is 5.41. The summed E-state index contributed by atoms with van der Waals surface area (Å²) in [5.41, 5.74) is 5.91. The molecule has 0 atom stereocenters. The highest BCUT2D eigenvalue weighted by Crippen LogP contribution is 2.30. The molecule has 5 nitrogen and oxygen atoms in total. The molecular formula is C23H22BrN5. The van der Waals surface area contributed by atoms with Crippen LogP contribution < -0.4 is 5.32 Å². The van der Waals surface area contributed by atoms with Crippen molar-refractivity contribution in [2.75, 3.05) is 5.32 Å². The summed E-state index contributed by atoms with van der Waals surface area (Å²) in [7, 11) is 0. The quantitative estimate of drug-likeness (QED) is 0.454. The van der Waals surface area contributed by atoms with Crippen LogP contribution in [0.2, 0.25) is 0 Å². The normalized spacial score (nSPS) is 13.4. The van der Waals surface area contributed by atoms with E-state index in [1.165, 1.54) is 29.5 Å². The molecule has 0 aliphatic heterocycles. The molecule has 6 heteroatoms. The van der Waals surface area contributed by atoms with Gasteiger partial charge < -0.3 is 5.32 Å². The van der Waals surface area contributed by atoms with Gasteiger partial charge in [-0.1, -0.05) is 45.8 Å². The lowest BCUT2D eigenvalue weighted by Crippen LogP contribution is -2.13. The van der Waals surface area contributed by atoms with Gasteiger partial charge in [0.1, 0.15) is 5.82 Å². The number of anilines is 2. The first-order valence-corrected chi connectivity index (χ1v) is 10.8. The number of fused-ring (bicyclic) bond motifs is 2. The van der Waals surface area contributed by atoms with Crippen LogP contribution in [0.15, 0.2) is 53.0 Å². The molecule has 0 saturated heterocycles. The molecule has 0 bridgehead atoms. The maximum absolute atomic E-state index is 4.85. The van der Waals surface area contributed by atoms with Crippen LogP contribution in [0.1, 0.15) is 41.1 Å². The van der Waals surface area contributed by atoms with E-state index >= 15 is 0 Å². The van der Waals surface area contributed by atoms with Gasteiger partial charge >= 0.3 is 0 Å². The monoisotopic (exact) mass is 447 g/mol. The zero-order chi connectivity index (χ0) is 19.8. The molecule has 0 saturated carbocycles. The SMILES string of the molecule is Cc1ccc(Cc2nc3nc4c(c(Nc5ccc(Br)cc5)n3n2)CCCC4)cc1. The van der Waals surface area contributed by atoms with Crippen molar-refractivity contribution in [2.45, 2.75) is 39.0 Å². The third-order valence-electron chi connectivity index (χ3n) is 5.40. The van der Waals surface area contributed by atoms with Gasteiger partial charge in [-0.2, -0.15) is 9.50 Å². The molecule has 4 aromatic rings. The van der Waals surface area contributed by atoms with Crippen LogP contribution in [0.5, 0.6) is 0 Å². The fourth-order valence-electron chi connectivity index (χ4n) is 3.85. The van der Waals surface area contributed by atoms with Gasteiger partial charge in [-0.05, 0) is 62.4 Å². The van der Waals surface area contributed by atoms with E-state index in [1.807, 2.05) is 16.6 Å². The number of aryl methyl sites for hydroxylation is 2. The minimum Gasteiger partial charge on any atom is -0.340 e. The summed E-state index contributed by atoms with van der Waals surface area (Å²) in [4.78, 5) is 9.60. The second-order valence-electron chi connectivity index (χ2n) is 7.63. The molecule has 0 spiro atoms. The van der Waals surface area contributed by atoms with Crippen molar-refractivity contribution in [3.8, 4) is 0 Å². The van der Waals surface area contributed by atoms with E-state index in [9.17, 15) is 0 Å². The molecule has 0 unspecified atom stereocenters. The van der Waals surface area contributed by atoms with Crippen LogP contribution in [0.25, 0.3) is 5.78 Å². The molecule has 2 aromatic heterocycles. The van der Waals surface area contributed by atoms with E-state index in [1.54, 1.807) is 0 Å². The van der Waals surface area contributed by atoms with Gasteiger partial charge in [0.25, 0.3) is 5.78 Å². The van der Waals surface area contributed by atoms with Gasteiger partial charge in [-0.3, -0.25) is 0 Å². The Kier molecular flexibility index (Phi) is 4.79. The average Bonchev–Trinajstić information content (AvgIpc) is 3.13. The van der Waals surface area contributed by atoms with E-state index in [4.69, 9.17) is 15.1 Å². The van der Waals surface area contributed by atoms with E-state index in [0.717, 1.165) is 40.3 Å². The molecule has 2 aromatic carbocycles. The lowest BCUT2D eigenvalue weighted by molar-refractivity contribution is 0.662. The Balaban J connectivity index is 1.57. The number of rotatable bonds is 4. The van der Waals surface area contributed by atoms with Crippen molar-refractivity contribution >= 4 is 33.2 Å².